The summed E-state index contributed by atoms with van der Waals surface area (Å²) in [5.41, 5.74) is 0.592. The SMILES string of the molecule is CC(C)n1cc(NC(=O)c2cc([N+](=O)[O-])ccc2Br)cn1. The molecule has 7 nitrogen and oxygen atoms in total. The Morgan fingerprint density at radius 1 is 1.48 bits per heavy atom. The van der Waals surface area contributed by atoms with Crippen molar-refractivity contribution in [2.45, 2.75) is 19.9 Å². The van der Waals surface area contributed by atoms with Crippen molar-refractivity contribution >= 4 is 33.2 Å². The highest BCUT2D eigenvalue weighted by Crippen LogP contribution is 2.23. The summed E-state index contributed by atoms with van der Waals surface area (Å²) in [4.78, 5) is 22.4. The zero-order chi connectivity index (χ0) is 15.6. The van der Waals surface area contributed by atoms with Crippen LogP contribution in [0.5, 0.6) is 0 Å². The van der Waals surface area contributed by atoms with E-state index in [4.69, 9.17) is 0 Å². The van der Waals surface area contributed by atoms with Crippen LogP contribution in [0.15, 0.2) is 35.1 Å². The van der Waals surface area contributed by atoms with Gasteiger partial charge in [-0.1, -0.05) is 0 Å². The molecule has 1 amide bonds. The van der Waals surface area contributed by atoms with Crippen LogP contribution in [-0.2, 0) is 0 Å². The van der Waals surface area contributed by atoms with Crippen LogP contribution in [0.1, 0.15) is 30.2 Å². The van der Waals surface area contributed by atoms with Crippen LogP contribution in [-0.4, -0.2) is 20.6 Å². The number of nitrogens with zero attached hydrogens (tertiary/aromatic N) is 3. The molecule has 1 N–H and O–H groups in total. The number of halogens is 1. The average Bonchev–Trinajstić information content (AvgIpc) is 2.87. The lowest BCUT2D eigenvalue weighted by molar-refractivity contribution is -0.384. The topological polar surface area (TPSA) is 90.1 Å². The summed E-state index contributed by atoms with van der Waals surface area (Å²) in [5.74, 6) is -0.436. The molecule has 1 heterocycles. The van der Waals surface area contributed by atoms with Crippen molar-refractivity contribution in [1.29, 1.82) is 0 Å². The van der Waals surface area contributed by atoms with Gasteiger partial charge in [0.05, 0.1) is 22.4 Å². The van der Waals surface area contributed by atoms with Crippen LogP contribution in [0.2, 0.25) is 0 Å². The smallest absolute Gasteiger partial charge is 0.270 e. The van der Waals surface area contributed by atoms with Crippen molar-refractivity contribution in [3.05, 3.63) is 50.7 Å². The third-order valence-corrected chi connectivity index (χ3v) is 3.49. The lowest BCUT2D eigenvalue weighted by Crippen LogP contribution is -2.12. The maximum atomic E-state index is 12.2. The van der Waals surface area contributed by atoms with Gasteiger partial charge in [-0.2, -0.15) is 5.10 Å². The van der Waals surface area contributed by atoms with Crippen molar-refractivity contribution in [2.24, 2.45) is 0 Å². The standard InChI is InChI=1S/C13H13BrN4O3/c1-8(2)17-7-9(6-15-17)16-13(19)11-5-10(18(20)21)3-4-12(11)14/h3-8H,1-2H3,(H,16,19). The first-order chi connectivity index (χ1) is 9.88. The van der Waals surface area contributed by atoms with Gasteiger partial charge in [0.25, 0.3) is 11.6 Å². The summed E-state index contributed by atoms with van der Waals surface area (Å²) in [7, 11) is 0. The van der Waals surface area contributed by atoms with Gasteiger partial charge in [0.1, 0.15) is 0 Å². The van der Waals surface area contributed by atoms with Crippen molar-refractivity contribution in [1.82, 2.24) is 9.78 Å². The number of benzene rings is 1. The summed E-state index contributed by atoms with van der Waals surface area (Å²) in [6.45, 7) is 3.94. The molecule has 0 bridgehead atoms. The molecule has 1 aromatic heterocycles. The first-order valence-electron chi connectivity index (χ1n) is 6.18. The number of aromatic nitrogens is 2. The highest BCUT2D eigenvalue weighted by atomic mass is 79.9. The van der Waals surface area contributed by atoms with Gasteiger partial charge in [-0.3, -0.25) is 19.6 Å². The molecule has 2 aromatic rings. The van der Waals surface area contributed by atoms with E-state index in [2.05, 4.69) is 26.3 Å². The fourth-order valence-corrected chi connectivity index (χ4v) is 2.11. The van der Waals surface area contributed by atoms with E-state index in [1.807, 2.05) is 13.8 Å². The Balaban J connectivity index is 2.23. The zero-order valence-electron chi connectivity index (χ0n) is 11.4. The lowest BCUT2D eigenvalue weighted by atomic mass is 10.2. The number of rotatable bonds is 4. The molecule has 0 aliphatic rings. The van der Waals surface area contributed by atoms with Gasteiger partial charge in [0, 0.05) is 28.8 Å². The molecule has 8 heteroatoms. The Morgan fingerprint density at radius 3 is 2.76 bits per heavy atom. The zero-order valence-corrected chi connectivity index (χ0v) is 13.0. The average molecular weight is 353 g/mol. The Hall–Kier alpha value is -2.22. The molecule has 2 rings (SSSR count). The van der Waals surface area contributed by atoms with Gasteiger partial charge >= 0.3 is 0 Å². The van der Waals surface area contributed by atoms with E-state index >= 15 is 0 Å². The van der Waals surface area contributed by atoms with Crippen LogP contribution < -0.4 is 5.32 Å². The molecule has 21 heavy (non-hydrogen) atoms. The van der Waals surface area contributed by atoms with Crippen LogP contribution in [0, 0.1) is 10.1 Å². The number of carbonyl (C=O) groups excluding carboxylic acids is 1. The number of anilines is 1. The predicted octanol–water partition coefficient (Wildman–Crippen LogP) is 3.39. The molecular formula is C13H13BrN4O3. The molecule has 0 radical (unpaired) electrons. The monoisotopic (exact) mass is 352 g/mol. The van der Waals surface area contributed by atoms with Crippen LogP contribution >= 0.6 is 15.9 Å². The van der Waals surface area contributed by atoms with Crippen molar-refractivity contribution in [3.8, 4) is 0 Å². The van der Waals surface area contributed by atoms with Gasteiger partial charge in [-0.25, -0.2) is 0 Å². The molecule has 0 spiro atoms. The second kappa shape index (κ2) is 6.04. The van der Waals surface area contributed by atoms with E-state index in [0.29, 0.717) is 10.2 Å². The van der Waals surface area contributed by atoms with Crippen molar-refractivity contribution in [3.63, 3.8) is 0 Å². The fraction of sp³-hybridized carbons (Fsp3) is 0.231. The quantitative estimate of drug-likeness (QED) is 0.674. The lowest BCUT2D eigenvalue weighted by Gasteiger charge is -2.05. The third-order valence-electron chi connectivity index (χ3n) is 2.79. The number of amides is 1. The minimum atomic E-state index is -0.542. The molecule has 0 aliphatic heterocycles. The third kappa shape index (κ3) is 3.46. The van der Waals surface area contributed by atoms with E-state index in [9.17, 15) is 14.9 Å². The number of carbonyl (C=O) groups is 1. The second-order valence-corrected chi connectivity index (χ2v) is 5.53. The molecule has 0 atom stereocenters. The van der Waals surface area contributed by atoms with E-state index in [1.54, 1.807) is 10.9 Å². The second-order valence-electron chi connectivity index (χ2n) is 4.68. The highest BCUT2D eigenvalue weighted by molar-refractivity contribution is 9.10. The highest BCUT2D eigenvalue weighted by Gasteiger charge is 2.16. The maximum Gasteiger partial charge on any atom is 0.270 e. The number of hydrogen-bond donors (Lipinski definition) is 1. The summed E-state index contributed by atoms with van der Waals surface area (Å²) in [6.07, 6.45) is 3.23. The molecule has 1 aromatic carbocycles. The molecule has 0 aliphatic carbocycles. The summed E-state index contributed by atoms with van der Waals surface area (Å²) in [6, 6.07) is 4.22. The minimum absolute atomic E-state index is 0.138. The molecule has 0 unspecified atom stereocenters. The van der Waals surface area contributed by atoms with Crippen LogP contribution in [0.4, 0.5) is 11.4 Å². The number of non-ortho nitro benzene ring substituents is 1. The Morgan fingerprint density at radius 2 is 2.19 bits per heavy atom. The van der Waals surface area contributed by atoms with Gasteiger partial charge < -0.3 is 5.32 Å². The van der Waals surface area contributed by atoms with Crippen LogP contribution in [0.25, 0.3) is 0 Å². The molecular weight excluding hydrogens is 340 g/mol. The number of hydrogen-bond acceptors (Lipinski definition) is 4. The largest absolute Gasteiger partial charge is 0.319 e. The summed E-state index contributed by atoms with van der Waals surface area (Å²) in [5, 5.41) is 17.5. The normalized spacial score (nSPS) is 10.7. The summed E-state index contributed by atoms with van der Waals surface area (Å²) < 4.78 is 2.19. The molecule has 0 saturated heterocycles. The maximum absolute atomic E-state index is 12.2. The van der Waals surface area contributed by atoms with Crippen molar-refractivity contribution < 1.29 is 9.72 Å². The number of nitro groups is 1. The Labute approximate surface area is 129 Å². The molecule has 0 saturated carbocycles. The Kier molecular flexibility index (Phi) is 4.37. The van der Waals surface area contributed by atoms with Gasteiger partial charge in [-0.05, 0) is 35.8 Å². The fourth-order valence-electron chi connectivity index (χ4n) is 1.68. The van der Waals surface area contributed by atoms with E-state index in [0.717, 1.165) is 0 Å². The predicted molar refractivity (Wildman–Crippen MR) is 81.4 cm³/mol. The Bertz CT molecular complexity index is 696. The van der Waals surface area contributed by atoms with E-state index in [1.165, 1.54) is 24.4 Å². The van der Waals surface area contributed by atoms with Gasteiger partial charge in [-0.15, -0.1) is 0 Å². The number of nitrogens with one attached hydrogen (secondary N) is 1. The molecule has 0 fully saturated rings. The summed E-state index contributed by atoms with van der Waals surface area (Å²) >= 11 is 3.22. The van der Waals surface area contributed by atoms with Crippen LogP contribution in [0.3, 0.4) is 0 Å². The van der Waals surface area contributed by atoms with Gasteiger partial charge in [0.2, 0.25) is 0 Å². The number of nitro benzene ring substituents is 1. The van der Waals surface area contributed by atoms with E-state index in [-0.39, 0.29) is 17.3 Å². The molecule has 110 valence electrons. The first-order valence-corrected chi connectivity index (χ1v) is 6.97. The van der Waals surface area contributed by atoms with Crippen molar-refractivity contribution in [2.75, 3.05) is 5.32 Å². The van der Waals surface area contributed by atoms with E-state index < -0.39 is 10.8 Å². The minimum Gasteiger partial charge on any atom is -0.319 e. The van der Waals surface area contributed by atoms with Gasteiger partial charge in [0.15, 0.2) is 0 Å². The first kappa shape index (κ1) is 15.2.